The molecule has 0 bridgehead atoms. The second kappa shape index (κ2) is 7.66. The van der Waals surface area contributed by atoms with Crippen LogP contribution < -0.4 is 4.74 Å². The van der Waals surface area contributed by atoms with Crippen molar-refractivity contribution in [3.8, 4) is 11.5 Å². The third kappa shape index (κ3) is 3.81. The van der Waals surface area contributed by atoms with E-state index >= 15 is 0 Å². The molecular formula is C22H18O4. The first-order chi connectivity index (χ1) is 12.6. The topological polar surface area (TPSA) is 63.6 Å². The van der Waals surface area contributed by atoms with Crippen molar-refractivity contribution in [3.63, 3.8) is 0 Å². The quantitative estimate of drug-likeness (QED) is 0.412. The highest BCUT2D eigenvalue weighted by Gasteiger charge is 2.16. The van der Waals surface area contributed by atoms with E-state index in [9.17, 15) is 9.59 Å². The maximum Gasteiger partial charge on any atom is 0.335 e. The van der Waals surface area contributed by atoms with Gasteiger partial charge in [-0.3, -0.25) is 4.79 Å². The van der Waals surface area contributed by atoms with Gasteiger partial charge in [-0.2, -0.15) is 0 Å². The van der Waals surface area contributed by atoms with Crippen molar-refractivity contribution in [2.75, 3.05) is 0 Å². The predicted octanol–water partition coefficient (Wildman–Crippen LogP) is 4.25. The van der Waals surface area contributed by atoms with Gasteiger partial charge in [0.15, 0.2) is 0 Å². The fraction of sp³-hybridized carbons (Fsp3) is 0.0909. The molecule has 1 aliphatic heterocycles. The van der Waals surface area contributed by atoms with Crippen molar-refractivity contribution in [1.29, 1.82) is 0 Å². The Labute approximate surface area is 151 Å². The molecular weight excluding hydrogens is 328 g/mol. The second-order valence-electron chi connectivity index (χ2n) is 6.00. The van der Waals surface area contributed by atoms with Gasteiger partial charge in [-0.15, -0.1) is 0 Å². The van der Waals surface area contributed by atoms with Crippen molar-refractivity contribution in [2.24, 2.45) is 0 Å². The van der Waals surface area contributed by atoms with Gasteiger partial charge in [0.1, 0.15) is 17.8 Å². The van der Waals surface area contributed by atoms with Crippen molar-refractivity contribution < 1.29 is 19.4 Å². The van der Waals surface area contributed by atoms with Gasteiger partial charge in [-0.25, -0.2) is 4.79 Å². The van der Waals surface area contributed by atoms with E-state index in [1.54, 1.807) is 0 Å². The Hall–Kier alpha value is -3.40. The summed E-state index contributed by atoms with van der Waals surface area (Å²) < 4.78 is 5.91. The van der Waals surface area contributed by atoms with Crippen molar-refractivity contribution in [1.82, 2.24) is 0 Å². The molecule has 0 amide bonds. The number of rotatable bonds is 6. The summed E-state index contributed by atoms with van der Waals surface area (Å²) in [6, 6.07) is 13.8. The van der Waals surface area contributed by atoms with Crippen LogP contribution in [0.1, 0.15) is 16.7 Å². The molecule has 130 valence electrons. The highest BCUT2D eigenvalue weighted by molar-refractivity contribution is 5.90. The summed E-state index contributed by atoms with van der Waals surface area (Å²) >= 11 is 0. The highest BCUT2D eigenvalue weighted by Crippen LogP contribution is 2.36. The first-order valence-electron chi connectivity index (χ1n) is 8.20. The van der Waals surface area contributed by atoms with Gasteiger partial charge in [0.25, 0.3) is 0 Å². The Morgan fingerprint density at radius 2 is 1.88 bits per heavy atom. The second-order valence-corrected chi connectivity index (χ2v) is 6.00. The van der Waals surface area contributed by atoms with E-state index in [-0.39, 0.29) is 5.57 Å². The van der Waals surface area contributed by atoms with Gasteiger partial charge in [0.05, 0.1) is 5.57 Å². The number of aldehydes is 1. The van der Waals surface area contributed by atoms with Gasteiger partial charge in [0, 0.05) is 12.8 Å². The lowest BCUT2D eigenvalue weighted by Crippen LogP contribution is -2.04. The molecule has 0 aromatic heterocycles. The third-order valence-electron chi connectivity index (χ3n) is 4.20. The molecule has 2 aromatic rings. The molecule has 4 heteroatoms. The summed E-state index contributed by atoms with van der Waals surface area (Å²) in [6.07, 6.45) is 6.08. The van der Waals surface area contributed by atoms with Crippen LogP contribution in [0.2, 0.25) is 0 Å². The Kier molecular flexibility index (Phi) is 5.13. The maximum atomic E-state index is 11.3. The van der Waals surface area contributed by atoms with Gasteiger partial charge in [-0.05, 0) is 40.5 Å². The number of para-hydroxylation sites is 1. The summed E-state index contributed by atoms with van der Waals surface area (Å²) in [7, 11) is 0. The van der Waals surface area contributed by atoms with Crippen LogP contribution in [0.15, 0.2) is 78.4 Å². The molecule has 2 aromatic carbocycles. The van der Waals surface area contributed by atoms with Crippen LogP contribution in [0.25, 0.3) is 0 Å². The molecule has 0 saturated heterocycles. The van der Waals surface area contributed by atoms with E-state index in [2.05, 4.69) is 6.58 Å². The van der Waals surface area contributed by atoms with E-state index in [0.29, 0.717) is 12.0 Å². The molecule has 1 N–H and O–H groups in total. The van der Waals surface area contributed by atoms with Gasteiger partial charge < -0.3 is 9.84 Å². The smallest absolute Gasteiger partial charge is 0.335 e. The lowest BCUT2D eigenvalue weighted by atomic mass is 9.96. The Morgan fingerprint density at radius 3 is 2.62 bits per heavy atom. The number of fused-ring (bicyclic) bond motifs is 2. The number of benzene rings is 2. The molecule has 1 heterocycles. The number of ether oxygens (including phenoxy) is 1. The van der Waals surface area contributed by atoms with Crippen LogP contribution in [-0.2, 0) is 22.4 Å². The molecule has 0 spiro atoms. The molecule has 0 aliphatic carbocycles. The summed E-state index contributed by atoms with van der Waals surface area (Å²) in [6.45, 7) is 3.46. The van der Waals surface area contributed by atoms with E-state index in [1.807, 2.05) is 42.5 Å². The predicted molar refractivity (Wildman–Crippen MR) is 99.5 cm³/mol. The Bertz CT molecular complexity index is 935. The fourth-order valence-electron chi connectivity index (χ4n) is 2.85. The lowest BCUT2D eigenvalue weighted by molar-refractivity contribution is -0.132. The number of hydrogen-bond acceptors (Lipinski definition) is 3. The fourth-order valence-corrected chi connectivity index (χ4v) is 2.85. The molecule has 0 fully saturated rings. The third-order valence-corrected chi connectivity index (χ3v) is 4.20. The number of hydrogen-bond donors (Lipinski definition) is 1. The minimum Gasteiger partial charge on any atom is -0.478 e. The van der Waals surface area contributed by atoms with E-state index < -0.39 is 5.97 Å². The zero-order valence-corrected chi connectivity index (χ0v) is 14.1. The molecule has 0 radical (unpaired) electrons. The van der Waals surface area contributed by atoms with E-state index in [1.165, 1.54) is 18.2 Å². The molecule has 26 heavy (non-hydrogen) atoms. The SMILES string of the molecule is C=C/C(=C\C=C(/C=O)Cc1ccc2c(c1)Cc1ccccc1O2)C(=O)O. The highest BCUT2D eigenvalue weighted by atomic mass is 16.5. The monoisotopic (exact) mass is 346 g/mol. The summed E-state index contributed by atoms with van der Waals surface area (Å²) in [5.41, 5.74) is 3.69. The van der Waals surface area contributed by atoms with Crippen molar-refractivity contribution >= 4 is 12.3 Å². The van der Waals surface area contributed by atoms with E-state index in [0.717, 1.165) is 40.9 Å². The van der Waals surface area contributed by atoms with Crippen LogP contribution in [0, 0.1) is 0 Å². The zero-order valence-electron chi connectivity index (χ0n) is 14.1. The minimum absolute atomic E-state index is 0.0415. The standard InChI is InChI=1S/C22H18O4/c1-2-17(22(24)25)9-7-16(14-23)11-15-8-10-21-19(12-15)13-18-5-3-4-6-20(18)26-21/h2-10,12,14H,1,11,13H2,(H,24,25)/b16-7-,17-9+. The Morgan fingerprint density at radius 1 is 1.12 bits per heavy atom. The number of allylic oxidation sites excluding steroid dienone is 3. The summed E-state index contributed by atoms with van der Waals surface area (Å²) in [5.74, 6) is 0.617. The van der Waals surface area contributed by atoms with Gasteiger partial charge >= 0.3 is 5.97 Å². The largest absolute Gasteiger partial charge is 0.478 e. The molecule has 0 unspecified atom stereocenters. The number of carboxylic acids is 1. The van der Waals surface area contributed by atoms with E-state index in [4.69, 9.17) is 9.84 Å². The van der Waals surface area contributed by atoms with Crippen LogP contribution in [0.3, 0.4) is 0 Å². The van der Waals surface area contributed by atoms with Crippen LogP contribution in [0.5, 0.6) is 11.5 Å². The van der Waals surface area contributed by atoms with Gasteiger partial charge in [0.2, 0.25) is 0 Å². The molecule has 3 rings (SSSR count). The van der Waals surface area contributed by atoms with Crippen LogP contribution >= 0.6 is 0 Å². The van der Waals surface area contributed by atoms with Gasteiger partial charge in [-0.1, -0.05) is 49.1 Å². The zero-order chi connectivity index (χ0) is 18.5. The van der Waals surface area contributed by atoms with Crippen molar-refractivity contribution in [2.45, 2.75) is 12.8 Å². The normalized spacial score (nSPS) is 13.2. The maximum absolute atomic E-state index is 11.3. The molecule has 0 atom stereocenters. The lowest BCUT2D eigenvalue weighted by Gasteiger charge is -2.20. The summed E-state index contributed by atoms with van der Waals surface area (Å²) in [4.78, 5) is 22.3. The minimum atomic E-state index is -1.08. The molecule has 1 aliphatic rings. The van der Waals surface area contributed by atoms with Crippen LogP contribution in [-0.4, -0.2) is 17.4 Å². The number of aliphatic carboxylic acids is 1. The Balaban J connectivity index is 1.82. The van der Waals surface area contributed by atoms with Crippen LogP contribution in [0.4, 0.5) is 0 Å². The summed E-state index contributed by atoms with van der Waals surface area (Å²) in [5, 5.41) is 8.99. The number of carboxylic acid groups (broad SMARTS) is 1. The number of carbonyl (C=O) groups excluding carboxylic acids is 1. The first kappa shape index (κ1) is 17.4. The molecule has 4 nitrogen and oxygen atoms in total. The average molecular weight is 346 g/mol. The van der Waals surface area contributed by atoms with Crippen molar-refractivity contribution in [3.05, 3.63) is 95.1 Å². The number of carbonyl (C=O) groups is 2. The first-order valence-corrected chi connectivity index (χ1v) is 8.20. The molecule has 0 saturated carbocycles. The average Bonchev–Trinajstić information content (AvgIpc) is 2.65.